The standard InChI is InChI=1S/C20H12N2O6S/c23-18-16-6-5-15(29(27,28)14-3-1-12(2-4-14)20(25)26)11-17(16)19(24)22(18)13-7-9-21-10-8-13/h1-11H,(H,25,26)/p-1. The number of carboxylic acids is 1. The second-order valence-corrected chi connectivity index (χ2v) is 8.12. The molecule has 0 fully saturated rings. The fraction of sp³-hybridized carbons (Fsp3) is 0. The highest BCUT2D eigenvalue weighted by Crippen LogP contribution is 2.31. The van der Waals surface area contributed by atoms with Crippen molar-refractivity contribution in [2.75, 3.05) is 4.90 Å². The molecule has 0 aliphatic carbocycles. The summed E-state index contributed by atoms with van der Waals surface area (Å²) in [6.45, 7) is 0. The van der Waals surface area contributed by atoms with Gasteiger partial charge >= 0.3 is 0 Å². The number of carbonyl (C=O) groups excluding carboxylic acids is 3. The predicted molar refractivity (Wildman–Crippen MR) is 98.0 cm³/mol. The van der Waals surface area contributed by atoms with Crippen LogP contribution < -0.4 is 10.0 Å². The van der Waals surface area contributed by atoms with Crippen molar-refractivity contribution in [3.05, 3.63) is 83.7 Å². The summed E-state index contributed by atoms with van der Waals surface area (Å²) in [7, 11) is -4.03. The number of pyridine rings is 1. The number of sulfone groups is 1. The molecule has 3 aromatic rings. The van der Waals surface area contributed by atoms with Gasteiger partial charge in [-0.05, 0) is 48.0 Å². The third-order valence-corrected chi connectivity index (χ3v) is 6.26. The summed E-state index contributed by atoms with van der Waals surface area (Å²) in [5.41, 5.74) is 0.234. The van der Waals surface area contributed by atoms with Gasteiger partial charge in [-0.15, -0.1) is 0 Å². The molecule has 0 bridgehead atoms. The van der Waals surface area contributed by atoms with Gasteiger partial charge in [0.15, 0.2) is 0 Å². The molecule has 2 amide bonds. The maximum absolute atomic E-state index is 12.9. The van der Waals surface area contributed by atoms with Crippen LogP contribution in [-0.4, -0.2) is 31.2 Å². The number of imide groups is 1. The monoisotopic (exact) mass is 407 g/mol. The van der Waals surface area contributed by atoms with E-state index in [1.807, 2.05) is 0 Å². The van der Waals surface area contributed by atoms with Crippen molar-refractivity contribution in [2.24, 2.45) is 0 Å². The lowest BCUT2D eigenvalue weighted by atomic mass is 10.1. The Balaban J connectivity index is 1.75. The van der Waals surface area contributed by atoms with Crippen LogP contribution in [0.15, 0.2) is 76.8 Å². The van der Waals surface area contributed by atoms with Gasteiger partial charge in [0, 0.05) is 12.4 Å². The first kappa shape index (κ1) is 18.5. The summed E-state index contributed by atoms with van der Waals surface area (Å²) < 4.78 is 25.7. The first-order valence-corrected chi connectivity index (χ1v) is 9.78. The highest BCUT2D eigenvalue weighted by molar-refractivity contribution is 7.91. The molecule has 0 radical (unpaired) electrons. The number of rotatable bonds is 4. The van der Waals surface area contributed by atoms with Gasteiger partial charge in [-0.25, -0.2) is 13.3 Å². The van der Waals surface area contributed by atoms with Crippen molar-refractivity contribution >= 4 is 33.3 Å². The fourth-order valence-corrected chi connectivity index (χ4v) is 4.31. The minimum Gasteiger partial charge on any atom is -0.545 e. The van der Waals surface area contributed by atoms with E-state index in [4.69, 9.17) is 0 Å². The second kappa shape index (κ2) is 6.64. The van der Waals surface area contributed by atoms with E-state index in [0.29, 0.717) is 5.69 Å². The van der Waals surface area contributed by atoms with Gasteiger partial charge in [-0.2, -0.15) is 0 Å². The molecular weight excluding hydrogens is 396 g/mol. The van der Waals surface area contributed by atoms with Crippen molar-refractivity contribution in [1.82, 2.24) is 4.98 Å². The second-order valence-electron chi connectivity index (χ2n) is 6.17. The number of hydrogen-bond donors (Lipinski definition) is 0. The van der Waals surface area contributed by atoms with E-state index in [1.165, 1.54) is 36.7 Å². The number of amides is 2. The largest absolute Gasteiger partial charge is 0.545 e. The zero-order valence-corrected chi connectivity index (χ0v) is 15.4. The van der Waals surface area contributed by atoms with E-state index >= 15 is 0 Å². The van der Waals surface area contributed by atoms with Crippen LogP contribution in [0.5, 0.6) is 0 Å². The molecule has 2 aromatic carbocycles. The molecule has 8 nitrogen and oxygen atoms in total. The molecule has 0 N–H and O–H groups in total. The third kappa shape index (κ3) is 2.97. The number of benzene rings is 2. The molecule has 0 saturated heterocycles. The van der Waals surface area contributed by atoms with Crippen molar-refractivity contribution in [3.63, 3.8) is 0 Å². The zero-order valence-electron chi connectivity index (χ0n) is 14.6. The molecule has 1 aliphatic heterocycles. The summed E-state index contributed by atoms with van der Waals surface area (Å²) in [5.74, 6) is -2.62. The Kier molecular flexibility index (Phi) is 4.24. The number of fused-ring (bicyclic) bond motifs is 1. The Bertz CT molecular complexity index is 1270. The first-order chi connectivity index (χ1) is 13.8. The van der Waals surface area contributed by atoms with Gasteiger partial charge in [0.25, 0.3) is 11.8 Å². The third-order valence-electron chi connectivity index (χ3n) is 4.49. The summed E-state index contributed by atoms with van der Waals surface area (Å²) in [4.78, 5) is 40.7. The van der Waals surface area contributed by atoms with Gasteiger partial charge in [-0.3, -0.25) is 14.6 Å². The van der Waals surface area contributed by atoms with Crippen LogP contribution in [0.1, 0.15) is 31.1 Å². The Morgan fingerprint density at radius 3 is 2.03 bits per heavy atom. The van der Waals surface area contributed by atoms with Crippen LogP contribution in [-0.2, 0) is 9.84 Å². The smallest absolute Gasteiger partial charge is 0.266 e. The van der Waals surface area contributed by atoms with Crippen molar-refractivity contribution in [3.8, 4) is 0 Å². The Morgan fingerprint density at radius 1 is 0.828 bits per heavy atom. The summed E-state index contributed by atoms with van der Waals surface area (Å²) >= 11 is 0. The number of carbonyl (C=O) groups is 3. The Hall–Kier alpha value is -3.85. The van der Waals surface area contributed by atoms with Crippen LogP contribution in [0, 0.1) is 0 Å². The quantitative estimate of drug-likeness (QED) is 0.593. The molecule has 0 atom stereocenters. The predicted octanol–water partition coefficient (Wildman–Crippen LogP) is 1.08. The molecule has 29 heavy (non-hydrogen) atoms. The summed E-state index contributed by atoms with van der Waals surface area (Å²) in [6, 6.07) is 11.2. The van der Waals surface area contributed by atoms with Gasteiger partial charge in [0.2, 0.25) is 9.84 Å². The highest BCUT2D eigenvalue weighted by Gasteiger charge is 2.37. The highest BCUT2D eigenvalue weighted by atomic mass is 32.2. The minimum atomic E-state index is -4.03. The lowest BCUT2D eigenvalue weighted by molar-refractivity contribution is -0.255. The average molecular weight is 407 g/mol. The summed E-state index contributed by atoms with van der Waals surface area (Å²) in [5, 5.41) is 10.8. The van der Waals surface area contributed by atoms with E-state index in [9.17, 15) is 27.9 Å². The number of anilines is 1. The average Bonchev–Trinajstić information content (AvgIpc) is 2.98. The number of aromatic nitrogens is 1. The number of carboxylic acid groups (broad SMARTS) is 1. The van der Waals surface area contributed by atoms with Crippen molar-refractivity contribution in [1.29, 1.82) is 0 Å². The number of nitrogens with zero attached hydrogens (tertiary/aromatic N) is 2. The molecule has 1 aromatic heterocycles. The van der Waals surface area contributed by atoms with Crippen LogP contribution in [0.2, 0.25) is 0 Å². The van der Waals surface area contributed by atoms with Gasteiger partial charge in [0.1, 0.15) is 0 Å². The maximum Gasteiger partial charge on any atom is 0.266 e. The van der Waals surface area contributed by atoms with Gasteiger partial charge in [0.05, 0.1) is 32.6 Å². The van der Waals surface area contributed by atoms with Crippen LogP contribution in [0.25, 0.3) is 0 Å². The van der Waals surface area contributed by atoms with Gasteiger partial charge in [-0.1, -0.05) is 12.1 Å². The molecule has 0 spiro atoms. The molecule has 4 rings (SSSR count). The van der Waals surface area contributed by atoms with E-state index in [0.717, 1.165) is 35.2 Å². The van der Waals surface area contributed by atoms with Crippen LogP contribution in [0.3, 0.4) is 0 Å². The molecule has 0 unspecified atom stereocenters. The molecule has 0 saturated carbocycles. The van der Waals surface area contributed by atoms with E-state index in [-0.39, 0.29) is 26.5 Å². The molecule has 1 aliphatic rings. The topological polar surface area (TPSA) is 125 Å². The number of aromatic carboxylic acids is 1. The van der Waals surface area contributed by atoms with Gasteiger partial charge < -0.3 is 9.90 Å². The van der Waals surface area contributed by atoms with E-state index in [2.05, 4.69) is 4.98 Å². The normalized spacial score (nSPS) is 13.4. The molecule has 2 heterocycles. The maximum atomic E-state index is 12.9. The van der Waals surface area contributed by atoms with E-state index in [1.54, 1.807) is 0 Å². The van der Waals surface area contributed by atoms with Crippen LogP contribution >= 0.6 is 0 Å². The van der Waals surface area contributed by atoms with E-state index < -0.39 is 27.6 Å². The van der Waals surface area contributed by atoms with Crippen molar-refractivity contribution < 1.29 is 27.9 Å². The summed E-state index contributed by atoms with van der Waals surface area (Å²) in [6.07, 6.45) is 2.87. The zero-order chi connectivity index (χ0) is 20.8. The molecule has 144 valence electrons. The SMILES string of the molecule is O=C([O-])c1ccc(S(=O)(=O)c2ccc3c(c2)C(=O)N(c2ccncc2)C3=O)cc1. The fourth-order valence-electron chi connectivity index (χ4n) is 3.02. The lowest BCUT2D eigenvalue weighted by Gasteiger charge is -2.12. The Labute approximate surface area is 165 Å². The number of hydrogen-bond acceptors (Lipinski definition) is 7. The molecular formula is C20H11N2O6S-. The minimum absolute atomic E-state index is 0.0285. The molecule has 9 heteroatoms. The lowest BCUT2D eigenvalue weighted by Crippen LogP contribution is -2.29. The van der Waals surface area contributed by atoms with Crippen molar-refractivity contribution in [2.45, 2.75) is 9.79 Å². The first-order valence-electron chi connectivity index (χ1n) is 8.30. The Morgan fingerprint density at radius 2 is 1.41 bits per heavy atom. The van der Waals surface area contributed by atoms with Crippen LogP contribution in [0.4, 0.5) is 5.69 Å².